The van der Waals surface area contributed by atoms with Crippen molar-refractivity contribution in [2.24, 2.45) is 0 Å². The highest BCUT2D eigenvalue weighted by Gasteiger charge is 2.30. The van der Waals surface area contributed by atoms with Gasteiger partial charge in [0, 0.05) is 5.69 Å². The zero-order valence-corrected chi connectivity index (χ0v) is 16.5. The molecule has 0 radical (unpaired) electrons. The molecule has 0 spiro atoms. The van der Waals surface area contributed by atoms with Gasteiger partial charge in [-0.05, 0) is 52.0 Å². The molecule has 0 unspecified atom stereocenters. The van der Waals surface area contributed by atoms with Crippen LogP contribution >= 0.6 is 0 Å². The van der Waals surface area contributed by atoms with Gasteiger partial charge in [-0.3, -0.25) is 9.59 Å². The summed E-state index contributed by atoms with van der Waals surface area (Å²) in [5.41, 5.74) is 0.471. The first-order chi connectivity index (χ1) is 13.0. The topological polar surface area (TPSA) is 128 Å². The maximum atomic E-state index is 12.9. The smallest absolute Gasteiger partial charge is 0.324 e. The van der Waals surface area contributed by atoms with Gasteiger partial charge >= 0.3 is 5.97 Å². The predicted octanol–water partition coefficient (Wildman–Crippen LogP) is 1.67. The Morgan fingerprint density at radius 1 is 1.18 bits per heavy atom. The monoisotopic (exact) mass is 413 g/mol. The standard InChI is InChI=1S/C17H20FN3O6S/c1-9-15(11(3)27-20-9)28(24,25)21-10(2)17(23)26-12(4)16(22)19-14-7-5-13(18)6-8-14/h5-8,10,12,21H,1-4H3,(H,19,22)/t10-,12-/m0/s1. The Kier molecular flexibility index (Phi) is 6.52. The zero-order valence-electron chi connectivity index (χ0n) is 15.6. The van der Waals surface area contributed by atoms with Crippen molar-refractivity contribution in [3.05, 3.63) is 41.5 Å². The number of carbonyl (C=O) groups excluding carboxylic acids is 2. The Bertz CT molecular complexity index is 952. The van der Waals surface area contributed by atoms with Crippen molar-refractivity contribution in [1.82, 2.24) is 9.88 Å². The number of halogens is 1. The van der Waals surface area contributed by atoms with Crippen LogP contribution in [0, 0.1) is 19.7 Å². The van der Waals surface area contributed by atoms with E-state index in [-0.39, 0.29) is 16.3 Å². The third-order valence-electron chi connectivity index (χ3n) is 3.70. The van der Waals surface area contributed by atoms with Crippen LogP contribution in [-0.4, -0.2) is 37.6 Å². The normalized spacial score (nSPS) is 13.6. The number of esters is 1. The minimum atomic E-state index is -4.07. The van der Waals surface area contributed by atoms with Gasteiger partial charge in [0.25, 0.3) is 5.91 Å². The summed E-state index contributed by atoms with van der Waals surface area (Å²) in [4.78, 5) is 24.1. The number of anilines is 1. The summed E-state index contributed by atoms with van der Waals surface area (Å²) in [6, 6.07) is 3.76. The first kappa shape index (κ1) is 21.5. The second kappa shape index (κ2) is 8.48. The lowest BCUT2D eigenvalue weighted by atomic mass is 10.3. The van der Waals surface area contributed by atoms with Crippen LogP contribution in [0.3, 0.4) is 0 Å². The van der Waals surface area contributed by atoms with Crippen molar-refractivity contribution in [2.45, 2.75) is 44.7 Å². The van der Waals surface area contributed by atoms with Gasteiger partial charge in [-0.15, -0.1) is 0 Å². The van der Waals surface area contributed by atoms with E-state index in [2.05, 4.69) is 15.2 Å². The Hall–Kier alpha value is -2.79. The van der Waals surface area contributed by atoms with Crippen LogP contribution in [0.5, 0.6) is 0 Å². The molecule has 9 nitrogen and oxygen atoms in total. The molecule has 0 aliphatic rings. The predicted molar refractivity (Wildman–Crippen MR) is 96.3 cm³/mol. The molecule has 0 fully saturated rings. The molecule has 2 rings (SSSR count). The molecule has 152 valence electrons. The number of benzene rings is 1. The quantitative estimate of drug-likeness (QED) is 0.661. The van der Waals surface area contributed by atoms with E-state index < -0.39 is 39.9 Å². The fourth-order valence-corrected chi connectivity index (χ4v) is 3.83. The van der Waals surface area contributed by atoms with Crippen molar-refractivity contribution in [2.75, 3.05) is 5.32 Å². The number of hydrogen-bond donors (Lipinski definition) is 2. The van der Waals surface area contributed by atoms with Gasteiger partial charge in [-0.1, -0.05) is 5.16 Å². The minimum absolute atomic E-state index is 0.0811. The van der Waals surface area contributed by atoms with Crippen LogP contribution in [0.1, 0.15) is 25.3 Å². The molecule has 2 aromatic rings. The molecule has 28 heavy (non-hydrogen) atoms. The molecular formula is C17H20FN3O6S. The molecule has 0 aliphatic heterocycles. The number of ether oxygens (including phenoxy) is 1. The van der Waals surface area contributed by atoms with Crippen LogP contribution < -0.4 is 10.0 Å². The number of carbonyl (C=O) groups is 2. The van der Waals surface area contributed by atoms with Crippen LogP contribution in [0.25, 0.3) is 0 Å². The average Bonchev–Trinajstić information content (AvgIpc) is 2.95. The number of nitrogens with zero attached hydrogens (tertiary/aromatic N) is 1. The zero-order chi connectivity index (χ0) is 21.1. The molecule has 0 saturated carbocycles. The second-order valence-corrected chi connectivity index (χ2v) is 7.72. The average molecular weight is 413 g/mol. The van der Waals surface area contributed by atoms with Gasteiger partial charge in [0.05, 0.1) is 0 Å². The third kappa shape index (κ3) is 5.14. The lowest BCUT2D eigenvalue weighted by Crippen LogP contribution is -2.42. The highest BCUT2D eigenvalue weighted by atomic mass is 32.2. The summed E-state index contributed by atoms with van der Waals surface area (Å²) < 4.78 is 49.7. The van der Waals surface area contributed by atoms with E-state index in [4.69, 9.17) is 9.26 Å². The van der Waals surface area contributed by atoms with Gasteiger partial charge in [0.1, 0.15) is 22.4 Å². The van der Waals surface area contributed by atoms with E-state index in [0.717, 1.165) is 12.1 Å². The third-order valence-corrected chi connectivity index (χ3v) is 5.48. The van der Waals surface area contributed by atoms with Crippen molar-refractivity contribution in [3.63, 3.8) is 0 Å². The van der Waals surface area contributed by atoms with E-state index in [1.54, 1.807) is 0 Å². The number of nitrogens with one attached hydrogen (secondary N) is 2. The van der Waals surface area contributed by atoms with Crippen LogP contribution in [-0.2, 0) is 24.3 Å². The number of amides is 1. The maximum Gasteiger partial charge on any atom is 0.324 e. The summed E-state index contributed by atoms with van der Waals surface area (Å²) in [5, 5.41) is 6.02. The Labute approximate surface area is 161 Å². The van der Waals surface area contributed by atoms with Crippen molar-refractivity contribution < 1.29 is 31.7 Å². The molecule has 1 aromatic heterocycles. The summed E-state index contributed by atoms with van der Waals surface area (Å²) in [6.45, 7) is 5.49. The van der Waals surface area contributed by atoms with Gasteiger partial charge in [-0.25, -0.2) is 12.8 Å². The van der Waals surface area contributed by atoms with Gasteiger partial charge in [0.2, 0.25) is 10.0 Å². The molecule has 11 heteroatoms. The summed E-state index contributed by atoms with van der Waals surface area (Å²) in [6.07, 6.45) is -1.21. The summed E-state index contributed by atoms with van der Waals surface area (Å²) in [7, 11) is -4.07. The van der Waals surface area contributed by atoms with Gasteiger partial charge < -0.3 is 14.6 Å². The SMILES string of the molecule is Cc1noc(C)c1S(=O)(=O)N[C@@H](C)C(=O)O[C@@H](C)C(=O)Nc1ccc(F)cc1. The molecule has 0 aliphatic carbocycles. The Morgan fingerprint density at radius 3 is 2.32 bits per heavy atom. The van der Waals surface area contributed by atoms with E-state index in [0.29, 0.717) is 5.69 Å². The molecule has 2 atom stereocenters. The van der Waals surface area contributed by atoms with Crippen molar-refractivity contribution in [1.29, 1.82) is 0 Å². The first-order valence-electron chi connectivity index (χ1n) is 8.23. The van der Waals surface area contributed by atoms with Crippen LogP contribution in [0.2, 0.25) is 0 Å². The fourth-order valence-electron chi connectivity index (χ4n) is 2.30. The fraction of sp³-hybridized carbons (Fsp3) is 0.353. The van der Waals surface area contributed by atoms with Crippen LogP contribution in [0.4, 0.5) is 10.1 Å². The maximum absolute atomic E-state index is 12.9. The molecule has 1 aromatic carbocycles. The van der Waals surface area contributed by atoms with Crippen molar-refractivity contribution >= 4 is 27.6 Å². The number of aromatic nitrogens is 1. The minimum Gasteiger partial charge on any atom is -0.451 e. The number of rotatable bonds is 7. The van der Waals surface area contributed by atoms with E-state index >= 15 is 0 Å². The van der Waals surface area contributed by atoms with Crippen molar-refractivity contribution in [3.8, 4) is 0 Å². The van der Waals surface area contributed by atoms with Gasteiger partial charge in [-0.2, -0.15) is 4.72 Å². The lowest BCUT2D eigenvalue weighted by molar-refractivity contribution is -0.154. The molecule has 1 heterocycles. The first-order valence-corrected chi connectivity index (χ1v) is 9.71. The summed E-state index contributed by atoms with van der Waals surface area (Å²) in [5.74, 6) is -1.98. The molecule has 0 saturated heterocycles. The van der Waals surface area contributed by atoms with Crippen LogP contribution in [0.15, 0.2) is 33.7 Å². The highest BCUT2D eigenvalue weighted by molar-refractivity contribution is 7.89. The Balaban J connectivity index is 1.97. The number of sulfonamides is 1. The van der Waals surface area contributed by atoms with E-state index in [1.807, 2.05) is 0 Å². The molecule has 1 amide bonds. The highest BCUT2D eigenvalue weighted by Crippen LogP contribution is 2.19. The Morgan fingerprint density at radius 2 is 1.79 bits per heavy atom. The van der Waals surface area contributed by atoms with E-state index in [9.17, 15) is 22.4 Å². The lowest BCUT2D eigenvalue weighted by Gasteiger charge is -2.17. The second-order valence-electron chi connectivity index (χ2n) is 6.07. The number of aryl methyl sites for hydroxylation is 2. The molecule has 0 bridgehead atoms. The molecule has 2 N–H and O–H groups in total. The molecular weight excluding hydrogens is 393 g/mol. The summed E-state index contributed by atoms with van der Waals surface area (Å²) >= 11 is 0. The number of hydrogen-bond acceptors (Lipinski definition) is 7. The van der Waals surface area contributed by atoms with Gasteiger partial charge in [0.15, 0.2) is 11.9 Å². The largest absolute Gasteiger partial charge is 0.451 e. The van der Waals surface area contributed by atoms with E-state index in [1.165, 1.54) is 39.8 Å².